The molecule has 11 heteroatoms. The highest BCUT2D eigenvalue weighted by Gasteiger charge is 2.27. The predicted molar refractivity (Wildman–Crippen MR) is 152 cm³/mol. The lowest BCUT2D eigenvalue weighted by Crippen LogP contribution is -2.48. The first-order valence-corrected chi connectivity index (χ1v) is 14.1. The number of thioether (sulfide) groups is 1. The molecular weight excluding hydrogens is 500 g/mol. The third-order valence-corrected chi connectivity index (χ3v) is 8.34. The van der Waals surface area contributed by atoms with Gasteiger partial charge in [-0.2, -0.15) is 17.0 Å². The Morgan fingerprint density at radius 3 is 2.76 bits per heavy atom. The van der Waals surface area contributed by atoms with Gasteiger partial charge in [-0.25, -0.2) is 14.8 Å². The molecule has 1 saturated heterocycles. The lowest BCUT2D eigenvalue weighted by atomic mass is 10.0. The molecule has 2 aromatic heterocycles. The first kappa shape index (κ1) is 27.7. The zero-order valence-corrected chi connectivity index (χ0v) is 23.6. The van der Waals surface area contributed by atoms with Crippen molar-refractivity contribution in [1.29, 1.82) is 5.26 Å². The van der Waals surface area contributed by atoms with E-state index in [0.717, 1.165) is 36.2 Å². The largest absolute Gasteiger partial charge is 0.382 e. The molecule has 1 fully saturated rings. The summed E-state index contributed by atoms with van der Waals surface area (Å²) >= 11 is 1.73. The number of likely N-dealkylation sites (N-methyl/N-ethyl adjacent to an activating group) is 1. The molecule has 4 heterocycles. The summed E-state index contributed by atoms with van der Waals surface area (Å²) < 4.78 is -0.0169. The van der Waals surface area contributed by atoms with Gasteiger partial charge in [0.15, 0.2) is 0 Å². The summed E-state index contributed by atoms with van der Waals surface area (Å²) in [6, 6.07) is 5.64. The van der Waals surface area contributed by atoms with Crippen molar-refractivity contribution in [2.45, 2.75) is 44.9 Å². The van der Waals surface area contributed by atoms with Crippen molar-refractivity contribution in [3.05, 3.63) is 40.7 Å². The van der Waals surface area contributed by atoms with Crippen LogP contribution >= 0.6 is 11.8 Å². The molecule has 10 nitrogen and oxygen atoms in total. The van der Waals surface area contributed by atoms with E-state index in [2.05, 4.69) is 41.6 Å². The Morgan fingerprint density at radius 2 is 2.05 bits per heavy atom. The van der Waals surface area contributed by atoms with E-state index in [1.807, 2.05) is 30.0 Å². The summed E-state index contributed by atoms with van der Waals surface area (Å²) in [5.74, 6) is 1.14. The van der Waals surface area contributed by atoms with Gasteiger partial charge in [-0.3, -0.25) is 19.9 Å². The number of rotatable bonds is 7. The summed E-state index contributed by atoms with van der Waals surface area (Å²) in [5, 5.41) is 15.7. The molecule has 0 bridgehead atoms. The van der Waals surface area contributed by atoms with Crippen LogP contribution in [0.5, 0.6) is 0 Å². The molecule has 202 valence electrons. The van der Waals surface area contributed by atoms with Gasteiger partial charge in [0.05, 0.1) is 17.8 Å². The van der Waals surface area contributed by atoms with Crippen molar-refractivity contribution in [3.63, 3.8) is 0 Å². The van der Waals surface area contributed by atoms with Crippen LogP contribution in [0.3, 0.4) is 0 Å². The van der Waals surface area contributed by atoms with E-state index in [-0.39, 0.29) is 16.7 Å². The first-order valence-electron chi connectivity index (χ1n) is 12.8. The van der Waals surface area contributed by atoms with Gasteiger partial charge in [-0.15, -0.1) is 0 Å². The van der Waals surface area contributed by atoms with E-state index < -0.39 is 0 Å². The molecule has 38 heavy (non-hydrogen) atoms. The molecule has 2 aromatic rings. The van der Waals surface area contributed by atoms with Crippen LogP contribution in [0.15, 0.2) is 18.3 Å². The number of fused-ring (bicyclic) bond motifs is 1. The van der Waals surface area contributed by atoms with Crippen molar-refractivity contribution in [2.75, 3.05) is 61.6 Å². The normalized spacial score (nSPS) is 16.2. The number of hydrogen-bond donors (Lipinski definition) is 2. The quantitative estimate of drug-likeness (QED) is 0.553. The topological polar surface area (TPSA) is 117 Å². The van der Waals surface area contributed by atoms with Crippen LogP contribution < -0.4 is 15.5 Å². The van der Waals surface area contributed by atoms with Crippen LogP contribution in [-0.4, -0.2) is 82.5 Å². The van der Waals surface area contributed by atoms with Crippen LogP contribution in [0.25, 0.3) is 0 Å². The van der Waals surface area contributed by atoms with E-state index in [1.165, 1.54) is 6.20 Å². The molecule has 2 N–H and O–H groups in total. The highest BCUT2D eigenvalue weighted by molar-refractivity contribution is 7.99. The van der Waals surface area contributed by atoms with Crippen LogP contribution in [0.2, 0.25) is 0 Å². The minimum Gasteiger partial charge on any atom is -0.382 e. The average Bonchev–Trinajstić information content (AvgIpc) is 2.89. The second-order valence-electron chi connectivity index (χ2n) is 10.5. The highest BCUT2D eigenvalue weighted by atomic mass is 32.2. The third kappa shape index (κ3) is 6.37. The van der Waals surface area contributed by atoms with Crippen molar-refractivity contribution >= 4 is 41.0 Å². The summed E-state index contributed by atoms with van der Waals surface area (Å²) in [5.41, 5.74) is 3.89. The number of aryl methyl sites for hydroxylation is 2. The molecule has 2 aliphatic rings. The van der Waals surface area contributed by atoms with Crippen molar-refractivity contribution < 1.29 is 9.59 Å². The van der Waals surface area contributed by atoms with E-state index >= 15 is 0 Å². The fraction of sp³-hybridized carbons (Fsp3) is 0.519. The number of hydrogen-bond acceptors (Lipinski definition) is 8. The summed E-state index contributed by atoms with van der Waals surface area (Å²) in [6.07, 6.45) is 5.16. The predicted octanol–water partition coefficient (Wildman–Crippen LogP) is 3.47. The van der Waals surface area contributed by atoms with Gasteiger partial charge in [-0.1, -0.05) is 0 Å². The monoisotopic (exact) mass is 536 g/mol. The number of urea groups is 1. The number of pyridine rings is 2. The lowest BCUT2D eigenvalue weighted by molar-refractivity contribution is -0.136. The maximum absolute atomic E-state index is 13.3. The minimum atomic E-state index is -0.313. The summed E-state index contributed by atoms with van der Waals surface area (Å²) in [4.78, 5) is 40.5. The maximum atomic E-state index is 13.3. The third-order valence-electron chi connectivity index (χ3n) is 7.09. The molecule has 0 unspecified atom stereocenters. The van der Waals surface area contributed by atoms with Crippen LogP contribution in [0.4, 0.5) is 22.1 Å². The first-order chi connectivity index (χ1) is 18.1. The molecule has 0 saturated carbocycles. The number of nitrogens with one attached hydrogen (secondary N) is 2. The number of piperazine rings is 1. The number of nitriles is 1. The second kappa shape index (κ2) is 11.6. The maximum Gasteiger partial charge on any atom is 0.328 e. The molecule has 4 rings (SSSR count). The standard InChI is InChI=1S/C27H36N8O2S/c1-18-20(15-34-10-9-33(4)16-24(34)36)11-19-7-6-8-35(25(19)31-18)26(37)32-23-12-22(21(13-28)14-29-23)30-17-27(2,3)38-5/h11-12,14H,6-10,15-17H2,1-5H3,(H2,29,30,32,37). The molecule has 0 aliphatic carbocycles. The lowest BCUT2D eigenvalue weighted by Gasteiger charge is -2.33. The van der Waals surface area contributed by atoms with Crippen LogP contribution in [0.1, 0.15) is 42.7 Å². The second-order valence-corrected chi connectivity index (χ2v) is 12.0. The fourth-order valence-electron chi connectivity index (χ4n) is 4.51. The van der Waals surface area contributed by atoms with Gasteiger partial charge in [0.25, 0.3) is 0 Å². The van der Waals surface area contributed by atoms with Crippen LogP contribution in [-0.2, 0) is 17.8 Å². The number of anilines is 3. The average molecular weight is 537 g/mol. The Bertz CT molecular complexity index is 1260. The Morgan fingerprint density at radius 1 is 1.26 bits per heavy atom. The smallest absolute Gasteiger partial charge is 0.328 e. The molecular formula is C27H36N8O2S. The van der Waals surface area contributed by atoms with Crippen molar-refractivity contribution in [3.8, 4) is 6.07 Å². The highest BCUT2D eigenvalue weighted by Crippen LogP contribution is 2.29. The van der Waals surface area contributed by atoms with Gasteiger partial charge >= 0.3 is 6.03 Å². The zero-order chi connectivity index (χ0) is 27.4. The Kier molecular flexibility index (Phi) is 8.43. The number of carbonyl (C=O) groups is 2. The Hall–Kier alpha value is -3.36. The van der Waals surface area contributed by atoms with Gasteiger partial charge in [0.2, 0.25) is 5.91 Å². The molecule has 3 amide bonds. The minimum absolute atomic E-state index is 0.0169. The van der Waals surface area contributed by atoms with E-state index in [9.17, 15) is 14.9 Å². The number of nitrogens with zero attached hydrogens (tertiary/aromatic N) is 6. The summed E-state index contributed by atoms with van der Waals surface area (Å²) in [7, 11) is 1.96. The van der Waals surface area contributed by atoms with Crippen LogP contribution in [0, 0.1) is 18.3 Å². The molecule has 0 aromatic carbocycles. The molecule has 0 radical (unpaired) electrons. The van der Waals surface area contributed by atoms with Gasteiger partial charge in [0, 0.05) is 55.4 Å². The molecule has 0 atom stereocenters. The van der Waals surface area contributed by atoms with Crippen molar-refractivity contribution in [1.82, 2.24) is 19.8 Å². The number of amides is 3. The number of carbonyl (C=O) groups excluding carboxylic acids is 2. The van der Waals surface area contributed by atoms with E-state index in [4.69, 9.17) is 4.98 Å². The van der Waals surface area contributed by atoms with Gasteiger partial charge < -0.3 is 10.2 Å². The fourth-order valence-corrected chi connectivity index (χ4v) is 4.72. The van der Waals surface area contributed by atoms with E-state index in [1.54, 1.807) is 22.7 Å². The zero-order valence-electron chi connectivity index (χ0n) is 22.8. The Labute approximate surface area is 228 Å². The van der Waals surface area contributed by atoms with Gasteiger partial charge in [-0.05, 0) is 64.1 Å². The van der Waals surface area contributed by atoms with E-state index in [0.29, 0.717) is 55.6 Å². The Balaban J connectivity index is 1.50. The summed E-state index contributed by atoms with van der Waals surface area (Å²) in [6.45, 7) is 9.89. The molecule has 2 aliphatic heterocycles. The number of aromatic nitrogens is 2. The van der Waals surface area contributed by atoms with Crippen molar-refractivity contribution in [2.24, 2.45) is 0 Å². The van der Waals surface area contributed by atoms with Gasteiger partial charge in [0.1, 0.15) is 17.7 Å². The molecule has 0 spiro atoms. The SMILES string of the molecule is CSC(C)(C)CNc1cc(NC(=O)N2CCCc3cc(CN4CCN(C)CC4=O)c(C)nc32)ncc1C#N.